The van der Waals surface area contributed by atoms with Gasteiger partial charge in [0.1, 0.15) is 0 Å². The van der Waals surface area contributed by atoms with Gasteiger partial charge in [-0.2, -0.15) is 5.26 Å². The highest BCUT2D eigenvalue weighted by Crippen LogP contribution is 2.42. The van der Waals surface area contributed by atoms with Gasteiger partial charge in [0.2, 0.25) is 23.4 Å². The third-order valence-electron chi connectivity index (χ3n) is 6.24. The summed E-state index contributed by atoms with van der Waals surface area (Å²) in [6.45, 7) is 0. The number of benzene rings is 2. The van der Waals surface area contributed by atoms with Gasteiger partial charge in [0.15, 0.2) is 11.5 Å². The molecule has 0 saturated heterocycles. The Morgan fingerprint density at radius 3 is 2.19 bits per heavy atom. The molecule has 37 heavy (non-hydrogen) atoms. The van der Waals surface area contributed by atoms with Crippen LogP contribution < -0.4 is 24.6 Å². The molecule has 0 N–H and O–H groups in total. The number of methoxy groups -OCH3 is 4. The highest BCUT2D eigenvalue weighted by Gasteiger charge is 2.18. The lowest BCUT2D eigenvalue weighted by Gasteiger charge is -2.15. The monoisotopic (exact) mass is 496 g/mol. The first-order chi connectivity index (χ1) is 18.0. The van der Waals surface area contributed by atoms with Crippen molar-refractivity contribution in [3.8, 4) is 46.1 Å². The molecule has 186 valence electrons. The van der Waals surface area contributed by atoms with Crippen molar-refractivity contribution in [2.45, 2.75) is 0 Å². The van der Waals surface area contributed by atoms with Crippen LogP contribution in [0.25, 0.3) is 38.8 Å². The molecule has 0 amide bonds. The summed E-state index contributed by atoms with van der Waals surface area (Å²) in [5.74, 6) is 2.12. The standard InChI is InChI=1S/C27H24N6O4/c1-32-21-14-29-20-8-6-16(17-11-22(34-2)26(37-5)23(12-17)35-3)10-19(20)25(21)33(27(32)31-15-28)18-7-9-24(36-4)30-13-18/h6-14H,1-5H3/b31-27-. The predicted octanol–water partition coefficient (Wildman–Crippen LogP) is 4.00. The SMILES string of the molecule is COc1ccc(-n2/c(=N\C#N)n(C)c3cnc4ccc(-c5cc(OC)c(OC)c(OC)c5)cc4c32)cn1. The molecule has 5 aromatic rings. The molecule has 0 aliphatic carbocycles. The smallest absolute Gasteiger partial charge is 0.226 e. The van der Waals surface area contributed by atoms with Gasteiger partial charge in [-0.3, -0.25) is 9.55 Å². The second-order valence-corrected chi connectivity index (χ2v) is 8.10. The maximum Gasteiger partial charge on any atom is 0.226 e. The van der Waals surface area contributed by atoms with E-state index in [4.69, 9.17) is 18.9 Å². The van der Waals surface area contributed by atoms with E-state index < -0.39 is 0 Å². The molecule has 0 aliphatic heterocycles. The van der Waals surface area contributed by atoms with Crippen molar-refractivity contribution in [2.75, 3.05) is 28.4 Å². The van der Waals surface area contributed by atoms with Crippen LogP contribution in [-0.4, -0.2) is 47.5 Å². The molecule has 0 fully saturated rings. The molecule has 0 saturated carbocycles. The molecule has 3 heterocycles. The van der Waals surface area contributed by atoms with Crippen molar-refractivity contribution in [1.82, 2.24) is 19.1 Å². The molecule has 10 heteroatoms. The maximum atomic E-state index is 9.44. The van der Waals surface area contributed by atoms with E-state index in [0.717, 1.165) is 38.8 Å². The average molecular weight is 497 g/mol. The van der Waals surface area contributed by atoms with Crippen LogP contribution in [0.4, 0.5) is 0 Å². The van der Waals surface area contributed by atoms with E-state index >= 15 is 0 Å². The fourth-order valence-corrected chi connectivity index (χ4v) is 4.47. The topological polar surface area (TPSA) is 109 Å². The molecule has 10 nitrogen and oxygen atoms in total. The highest BCUT2D eigenvalue weighted by atomic mass is 16.5. The number of rotatable bonds is 6. The van der Waals surface area contributed by atoms with Crippen molar-refractivity contribution in [1.29, 1.82) is 5.26 Å². The Labute approximate surface area is 212 Å². The Hall–Kier alpha value is -5.04. The number of imidazole rings is 1. The van der Waals surface area contributed by atoms with Crippen molar-refractivity contribution < 1.29 is 18.9 Å². The summed E-state index contributed by atoms with van der Waals surface area (Å²) in [6.07, 6.45) is 5.38. The van der Waals surface area contributed by atoms with Gasteiger partial charge in [0.05, 0.1) is 63.1 Å². The van der Waals surface area contributed by atoms with Gasteiger partial charge in [-0.15, -0.1) is 4.99 Å². The minimum Gasteiger partial charge on any atom is -0.493 e. The van der Waals surface area contributed by atoms with Crippen molar-refractivity contribution in [3.05, 3.63) is 60.5 Å². The van der Waals surface area contributed by atoms with Crippen LogP contribution >= 0.6 is 0 Å². The molecular formula is C27H24N6O4. The fraction of sp³-hybridized carbons (Fsp3) is 0.185. The van der Waals surface area contributed by atoms with E-state index in [0.29, 0.717) is 28.7 Å². The molecule has 3 aromatic heterocycles. The molecule has 0 unspecified atom stereocenters. The summed E-state index contributed by atoms with van der Waals surface area (Å²) >= 11 is 0. The number of aryl methyl sites for hydroxylation is 1. The zero-order chi connectivity index (χ0) is 26.1. The van der Waals surface area contributed by atoms with Gasteiger partial charge in [-0.1, -0.05) is 6.07 Å². The van der Waals surface area contributed by atoms with Crippen LogP contribution in [-0.2, 0) is 7.05 Å². The van der Waals surface area contributed by atoms with Crippen LogP contribution in [0.5, 0.6) is 23.1 Å². The van der Waals surface area contributed by atoms with E-state index in [1.165, 1.54) is 0 Å². The van der Waals surface area contributed by atoms with E-state index in [9.17, 15) is 5.26 Å². The third kappa shape index (κ3) is 3.87. The first-order valence-electron chi connectivity index (χ1n) is 11.3. The van der Waals surface area contributed by atoms with Crippen molar-refractivity contribution in [2.24, 2.45) is 12.0 Å². The number of nitrogens with zero attached hydrogens (tertiary/aromatic N) is 6. The van der Waals surface area contributed by atoms with Crippen LogP contribution in [0.15, 0.2) is 59.9 Å². The van der Waals surface area contributed by atoms with E-state index in [1.54, 1.807) is 46.9 Å². The van der Waals surface area contributed by atoms with Gasteiger partial charge >= 0.3 is 0 Å². The Bertz CT molecular complexity index is 1720. The number of fused-ring (bicyclic) bond motifs is 3. The highest BCUT2D eigenvalue weighted by molar-refractivity contribution is 6.04. The number of hydrogen-bond donors (Lipinski definition) is 0. The van der Waals surface area contributed by atoms with Gasteiger partial charge < -0.3 is 23.5 Å². The summed E-state index contributed by atoms with van der Waals surface area (Å²) in [5, 5.41) is 10.3. The van der Waals surface area contributed by atoms with Crippen LogP contribution in [0.1, 0.15) is 0 Å². The molecule has 0 aliphatic rings. The Balaban J connectivity index is 1.85. The minimum absolute atomic E-state index is 0.442. The van der Waals surface area contributed by atoms with E-state index in [-0.39, 0.29) is 0 Å². The first kappa shape index (κ1) is 23.7. The van der Waals surface area contributed by atoms with Gasteiger partial charge in [0.25, 0.3) is 0 Å². The predicted molar refractivity (Wildman–Crippen MR) is 138 cm³/mol. The zero-order valence-electron chi connectivity index (χ0n) is 21.0. The fourth-order valence-electron chi connectivity index (χ4n) is 4.47. The number of aromatic nitrogens is 4. The summed E-state index contributed by atoms with van der Waals surface area (Å²) < 4.78 is 25.5. The van der Waals surface area contributed by atoms with Gasteiger partial charge in [-0.05, 0) is 41.5 Å². The Kier molecular flexibility index (Phi) is 6.11. The Morgan fingerprint density at radius 2 is 1.59 bits per heavy atom. The summed E-state index contributed by atoms with van der Waals surface area (Å²) in [4.78, 5) is 13.1. The van der Waals surface area contributed by atoms with Crippen molar-refractivity contribution in [3.63, 3.8) is 0 Å². The summed E-state index contributed by atoms with van der Waals surface area (Å²) in [5.41, 5.74) is 5.39. The van der Waals surface area contributed by atoms with E-state index in [1.807, 2.05) is 52.7 Å². The number of pyridine rings is 2. The number of nitriles is 1. The first-order valence-corrected chi connectivity index (χ1v) is 11.3. The molecular weight excluding hydrogens is 472 g/mol. The minimum atomic E-state index is 0.442. The van der Waals surface area contributed by atoms with Crippen LogP contribution in [0.3, 0.4) is 0 Å². The van der Waals surface area contributed by atoms with E-state index in [2.05, 4.69) is 21.0 Å². The summed E-state index contributed by atoms with van der Waals surface area (Å²) in [7, 11) is 8.16. The molecule has 2 aromatic carbocycles. The second kappa shape index (κ2) is 9.54. The largest absolute Gasteiger partial charge is 0.493 e. The number of hydrogen-bond acceptors (Lipinski definition) is 8. The average Bonchev–Trinajstić information content (AvgIpc) is 3.23. The third-order valence-corrected chi connectivity index (χ3v) is 6.24. The lowest BCUT2D eigenvalue weighted by Crippen LogP contribution is -2.22. The lowest BCUT2D eigenvalue weighted by molar-refractivity contribution is 0.324. The number of ether oxygens (including phenoxy) is 4. The zero-order valence-corrected chi connectivity index (χ0v) is 21.0. The second-order valence-electron chi connectivity index (χ2n) is 8.10. The van der Waals surface area contributed by atoms with Crippen LogP contribution in [0.2, 0.25) is 0 Å². The normalized spacial score (nSPS) is 11.5. The quantitative estimate of drug-likeness (QED) is 0.327. The Morgan fingerprint density at radius 1 is 0.838 bits per heavy atom. The molecule has 0 atom stereocenters. The molecule has 0 bridgehead atoms. The molecule has 0 radical (unpaired) electrons. The van der Waals surface area contributed by atoms with Crippen LogP contribution in [0, 0.1) is 11.5 Å². The maximum absolute atomic E-state index is 9.44. The molecule has 5 rings (SSSR count). The van der Waals surface area contributed by atoms with Crippen molar-refractivity contribution >= 4 is 21.9 Å². The summed E-state index contributed by atoms with van der Waals surface area (Å²) in [6, 6.07) is 13.4. The molecule has 0 spiro atoms. The van der Waals surface area contributed by atoms with Gasteiger partial charge in [0, 0.05) is 18.5 Å². The lowest BCUT2D eigenvalue weighted by atomic mass is 10.0. The van der Waals surface area contributed by atoms with Gasteiger partial charge in [-0.25, -0.2) is 4.98 Å².